The number of hydrazone groups is 1. The summed E-state index contributed by atoms with van der Waals surface area (Å²) in [4.78, 5) is 0. The highest BCUT2D eigenvalue weighted by atomic mass is 16.5. The van der Waals surface area contributed by atoms with Crippen molar-refractivity contribution in [3.8, 4) is 5.75 Å². The Kier molecular flexibility index (Phi) is 6.56. The number of nitrogens with one attached hydrogen (secondary N) is 1. The Balaban J connectivity index is 1.58. The van der Waals surface area contributed by atoms with Gasteiger partial charge in [0.2, 0.25) is 0 Å². The van der Waals surface area contributed by atoms with E-state index in [1.807, 2.05) is 18.2 Å². The number of piperidine rings is 1. The van der Waals surface area contributed by atoms with Gasteiger partial charge in [-0.25, -0.2) is 11.0 Å². The molecule has 0 radical (unpaired) electrons. The molecule has 2 heterocycles. The van der Waals surface area contributed by atoms with Crippen LogP contribution in [-0.4, -0.2) is 42.7 Å². The Bertz CT molecular complexity index is 947. The number of nitrogens with two attached hydrogens (primary N) is 3. The molecule has 2 aromatic carbocycles. The van der Waals surface area contributed by atoms with Gasteiger partial charge in [-0.3, -0.25) is 0 Å². The third kappa shape index (κ3) is 4.90. The Morgan fingerprint density at radius 1 is 1.06 bits per heavy atom. The molecule has 0 aliphatic carbocycles. The molecule has 0 bridgehead atoms. The number of nitrogens with zero attached hydrogens (tertiary/aromatic N) is 2. The second kappa shape index (κ2) is 9.51. The zero-order valence-electron chi connectivity index (χ0n) is 17.9. The van der Waals surface area contributed by atoms with E-state index >= 15 is 0 Å². The van der Waals surface area contributed by atoms with Crippen LogP contribution in [0, 0.1) is 0 Å². The van der Waals surface area contributed by atoms with Crippen LogP contribution in [0.5, 0.6) is 5.75 Å². The lowest BCUT2D eigenvalue weighted by atomic mass is 9.83. The first-order chi connectivity index (χ1) is 15.1. The van der Waals surface area contributed by atoms with Gasteiger partial charge in [0.25, 0.3) is 0 Å². The van der Waals surface area contributed by atoms with Gasteiger partial charge in [-0.2, -0.15) is 0 Å². The summed E-state index contributed by atoms with van der Waals surface area (Å²) >= 11 is 0. The van der Waals surface area contributed by atoms with Crippen LogP contribution in [0.2, 0.25) is 0 Å². The van der Waals surface area contributed by atoms with Crippen LogP contribution in [-0.2, 0) is 0 Å². The largest absolute Gasteiger partial charge is 0.482 e. The van der Waals surface area contributed by atoms with E-state index in [0.29, 0.717) is 18.9 Å². The zero-order chi connectivity index (χ0) is 21.7. The fourth-order valence-corrected chi connectivity index (χ4v) is 4.19. The van der Waals surface area contributed by atoms with Crippen molar-refractivity contribution >= 4 is 11.4 Å². The van der Waals surface area contributed by atoms with Gasteiger partial charge in [-0.05, 0) is 55.8 Å². The van der Waals surface area contributed by atoms with Gasteiger partial charge >= 0.3 is 0 Å². The molecule has 0 atom stereocenters. The van der Waals surface area contributed by atoms with E-state index < -0.39 is 0 Å². The van der Waals surface area contributed by atoms with E-state index in [1.54, 1.807) is 0 Å². The molecular weight excluding hydrogens is 388 g/mol. The SMILES string of the molecule is NCCCCN(N)/N=C(\N)c1ccc(C2=CC3(CCNCC3)Oc3ccccc32)cc1. The molecule has 31 heavy (non-hydrogen) atoms. The molecule has 7 nitrogen and oxygen atoms in total. The molecule has 7 N–H and O–H groups in total. The number of benzene rings is 2. The second-order valence-corrected chi connectivity index (χ2v) is 8.19. The van der Waals surface area contributed by atoms with Gasteiger partial charge in [0.1, 0.15) is 11.4 Å². The van der Waals surface area contributed by atoms with E-state index in [1.165, 1.54) is 10.7 Å². The van der Waals surface area contributed by atoms with Crippen LogP contribution in [0.4, 0.5) is 0 Å². The molecule has 2 aliphatic rings. The molecule has 1 fully saturated rings. The summed E-state index contributed by atoms with van der Waals surface area (Å²) in [6.45, 7) is 3.18. The van der Waals surface area contributed by atoms with Gasteiger partial charge < -0.3 is 21.5 Å². The third-order valence-electron chi connectivity index (χ3n) is 5.92. The average Bonchev–Trinajstić information content (AvgIpc) is 2.79. The van der Waals surface area contributed by atoms with E-state index in [2.05, 4.69) is 46.8 Å². The van der Waals surface area contributed by atoms with Crippen molar-refractivity contribution < 1.29 is 4.74 Å². The predicted molar refractivity (Wildman–Crippen MR) is 125 cm³/mol. The van der Waals surface area contributed by atoms with Gasteiger partial charge in [0.15, 0.2) is 5.84 Å². The summed E-state index contributed by atoms with van der Waals surface area (Å²) < 4.78 is 6.48. The monoisotopic (exact) mass is 420 g/mol. The van der Waals surface area contributed by atoms with E-state index in [0.717, 1.165) is 61.2 Å². The molecule has 2 aromatic rings. The molecule has 7 heteroatoms. The molecule has 4 rings (SSSR count). The normalized spacial score (nSPS) is 17.6. The number of fused-ring (bicyclic) bond motifs is 1. The Morgan fingerprint density at radius 2 is 1.81 bits per heavy atom. The molecule has 1 saturated heterocycles. The molecule has 0 unspecified atom stereocenters. The average molecular weight is 421 g/mol. The van der Waals surface area contributed by atoms with Gasteiger partial charge in [-0.15, -0.1) is 5.10 Å². The van der Waals surface area contributed by atoms with Crippen molar-refractivity contribution in [1.29, 1.82) is 0 Å². The van der Waals surface area contributed by atoms with Crippen LogP contribution >= 0.6 is 0 Å². The Labute approximate surface area is 183 Å². The van der Waals surface area contributed by atoms with Crippen molar-refractivity contribution in [2.24, 2.45) is 22.4 Å². The summed E-state index contributed by atoms with van der Waals surface area (Å²) in [5, 5.41) is 9.10. The fourth-order valence-electron chi connectivity index (χ4n) is 4.19. The maximum atomic E-state index is 6.48. The fraction of sp³-hybridized carbons (Fsp3) is 0.375. The van der Waals surface area contributed by atoms with Crippen molar-refractivity contribution in [3.05, 3.63) is 71.3 Å². The number of unbranched alkanes of at least 4 members (excludes halogenated alkanes) is 1. The van der Waals surface area contributed by atoms with Crippen LogP contribution in [0.3, 0.4) is 0 Å². The summed E-state index contributed by atoms with van der Waals surface area (Å²) in [5.41, 5.74) is 15.8. The van der Waals surface area contributed by atoms with E-state index in [9.17, 15) is 0 Å². The third-order valence-corrected chi connectivity index (χ3v) is 5.92. The number of hydrogen-bond acceptors (Lipinski definition) is 6. The number of para-hydroxylation sites is 1. The van der Waals surface area contributed by atoms with Crippen molar-refractivity contribution in [1.82, 2.24) is 10.4 Å². The first-order valence-corrected chi connectivity index (χ1v) is 11.0. The lowest BCUT2D eigenvalue weighted by molar-refractivity contribution is 0.0817. The predicted octanol–water partition coefficient (Wildman–Crippen LogP) is 2.17. The number of amidine groups is 1. The van der Waals surface area contributed by atoms with Gasteiger partial charge in [0.05, 0.1) is 6.54 Å². The van der Waals surface area contributed by atoms with E-state index in [4.69, 9.17) is 22.0 Å². The first-order valence-electron chi connectivity index (χ1n) is 11.0. The summed E-state index contributed by atoms with van der Waals surface area (Å²) in [6, 6.07) is 16.4. The lowest BCUT2D eigenvalue weighted by Gasteiger charge is -2.40. The highest BCUT2D eigenvalue weighted by Crippen LogP contribution is 2.42. The van der Waals surface area contributed by atoms with Gasteiger partial charge in [0, 0.05) is 24.0 Å². The summed E-state index contributed by atoms with van der Waals surface area (Å²) in [6.07, 6.45) is 6.02. The first kappa shape index (κ1) is 21.4. The molecule has 0 aromatic heterocycles. The van der Waals surface area contributed by atoms with Crippen molar-refractivity contribution in [3.63, 3.8) is 0 Å². The molecule has 164 valence electrons. The standard InChI is InChI=1S/C24H32N6O/c25-13-3-4-16-30(27)29-23(26)19-9-7-18(8-10-19)21-17-24(11-14-28-15-12-24)31-22-6-2-1-5-20(21)22/h1-2,5-10,17,28H,3-4,11-16,25,27H2,(H2,26,29). The second-order valence-electron chi connectivity index (χ2n) is 8.19. The van der Waals surface area contributed by atoms with Gasteiger partial charge in [-0.1, -0.05) is 42.5 Å². The van der Waals surface area contributed by atoms with E-state index in [-0.39, 0.29) is 5.60 Å². The van der Waals surface area contributed by atoms with Crippen LogP contribution in [0.1, 0.15) is 42.4 Å². The molecule has 1 spiro atoms. The Hall–Kier alpha value is -2.87. The maximum absolute atomic E-state index is 6.48. The number of rotatable bonds is 7. The molecular formula is C24H32N6O. The molecule has 2 aliphatic heterocycles. The Morgan fingerprint density at radius 3 is 2.55 bits per heavy atom. The minimum absolute atomic E-state index is 0.252. The van der Waals surface area contributed by atoms with Crippen LogP contribution in [0.15, 0.2) is 59.7 Å². The zero-order valence-corrected chi connectivity index (χ0v) is 17.9. The van der Waals surface area contributed by atoms with Crippen LogP contribution in [0.25, 0.3) is 5.57 Å². The number of ether oxygens (including phenoxy) is 1. The topological polar surface area (TPSA) is 115 Å². The summed E-state index contributed by atoms with van der Waals surface area (Å²) in [7, 11) is 0. The minimum atomic E-state index is -0.252. The minimum Gasteiger partial charge on any atom is -0.482 e. The molecule has 0 saturated carbocycles. The lowest BCUT2D eigenvalue weighted by Crippen LogP contribution is -2.46. The van der Waals surface area contributed by atoms with Crippen LogP contribution < -0.4 is 27.4 Å². The van der Waals surface area contributed by atoms with Crippen molar-refractivity contribution in [2.45, 2.75) is 31.3 Å². The maximum Gasteiger partial charge on any atom is 0.152 e. The quantitative estimate of drug-likeness (QED) is 0.179. The van der Waals surface area contributed by atoms with Crippen molar-refractivity contribution in [2.75, 3.05) is 26.2 Å². The highest BCUT2D eigenvalue weighted by Gasteiger charge is 2.36. The summed E-state index contributed by atoms with van der Waals surface area (Å²) in [5.74, 6) is 7.28. The number of hydrogen-bond donors (Lipinski definition) is 4. The molecule has 0 amide bonds. The smallest absolute Gasteiger partial charge is 0.152 e. The highest BCUT2D eigenvalue weighted by molar-refractivity contribution is 5.97. The number of hydrazine groups is 1.